The number of rotatable bonds is 2. The Hall–Kier alpha value is -0.0400. The number of ether oxygens (including phenoxy) is 1. The molecule has 0 radical (unpaired) electrons. The SMILES string of the molecule is COC1(C(C)C)CC1. The largest absolute Gasteiger partial charge is 0.378 e. The Kier molecular flexibility index (Phi) is 1.31. The molecule has 1 saturated carbocycles. The summed E-state index contributed by atoms with van der Waals surface area (Å²) in [6, 6.07) is 0. The summed E-state index contributed by atoms with van der Waals surface area (Å²) in [4.78, 5) is 0. The first kappa shape index (κ1) is 6.09. The molecule has 1 aliphatic rings. The van der Waals surface area contributed by atoms with Crippen molar-refractivity contribution in [3.8, 4) is 0 Å². The molecule has 0 aromatic carbocycles. The van der Waals surface area contributed by atoms with Crippen LogP contribution in [-0.2, 0) is 4.74 Å². The van der Waals surface area contributed by atoms with E-state index in [1.54, 1.807) is 0 Å². The predicted octanol–water partition coefficient (Wildman–Crippen LogP) is 1.82. The Bertz CT molecular complexity index is 82.4. The third-order valence-electron chi connectivity index (χ3n) is 2.20. The Balaban J connectivity index is 2.41. The maximum Gasteiger partial charge on any atom is 0.0703 e. The highest BCUT2D eigenvalue weighted by molar-refractivity contribution is 4.97. The first-order valence-corrected chi connectivity index (χ1v) is 3.26. The van der Waals surface area contributed by atoms with Crippen LogP contribution in [0.4, 0.5) is 0 Å². The Morgan fingerprint density at radius 3 is 1.88 bits per heavy atom. The van der Waals surface area contributed by atoms with Gasteiger partial charge in [0, 0.05) is 7.11 Å². The van der Waals surface area contributed by atoms with E-state index in [1.807, 2.05) is 7.11 Å². The van der Waals surface area contributed by atoms with Crippen LogP contribution >= 0.6 is 0 Å². The van der Waals surface area contributed by atoms with Crippen LogP contribution in [0.1, 0.15) is 26.7 Å². The predicted molar refractivity (Wildman–Crippen MR) is 33.8 cm³/mol. The first-order chi connectivity index (χ1) is 3.71. The lowest BCUT2D eigenvalue weighted by Crippen LogP contribution is -2.18. The van der Waals surface area contributed by atoms with E-state index in [9.17, 15) is 0 Å². The maximum atomic E-state index is 5.31. The van der Waals surface area contributed by atoms with Crippen molar-refractivity contribution in [1.82, 2.24) is 0 Å². The third kappa shape index (κ3) is 0.752. The Morgan fingerprint density at radius 1 is 1.38 bits per heavy atom. The standard InChI is InChI=1S/C7H14O/c1-6(2)7(8-3)4-5-7/h6H,4-5H2,1-3H3. The fraction of sp³-hybridized carbons (Fsp3) is 1.00. The van der Waals surface area contributed by atoms with Gasteiger partial charge in [0.1, 0.15) is 0 Å². The van der Waals surface area contributed by atoms with Crippen LogP contribution in [0.15, 0.2) is 0 Å². The highest BCUT2D eigenvalue weighted by atomic mass is 16.5. The van der Waals surface area contributed by atoms with Gasteiger partial charge < -0.3 is 4.74 Å². The summed E-state index contributed by atoms with van der Waals surface area (Å²) < 4.78 is 5.31. The molecule has 0 amide bonds. The smallest absolute Gasteiger partial charge is 0.0703 e. The summed E-state index contributed by atoms with van der Waals surface area (Å²) in [6.07, 6.45) is 2.53. The molecule has 0 atom stereocenters. The molecule has 1 rings (SSSR count). The summed E-state index contributed by atoms with van der Waals surface area (Å²) in [5.74, 6) is 0.701. The maximum absolute atomic E-state index is 5.31. The van der Waals surface area contributed by atoms with E-state index in [0.717, 1.165) is 0 Å². The fourth-order valence-corrected chi connectivity index (χ4v) is 1.14. The van der Waals surface area contributed by atoms with Gasteiger partial charge in [0.05, 0.1) is 5.60 Å². The van der Waals surface area contributed by atoms with Gasteiger partial charge in [0.2, 0.25) is 0 Å². The molecule has 8 heavy (non-hydrogen) atoms. The lowest BCUT2D eigenvalue weighted by Gasteiger charge is -2.16. The summed E-state index contributed by atoms with van der Waals surface area (Å²) in [5, 5.41) is 0. The molecule has 1 nitrogen and oxygen atoms in total. The number of methoxy groups -OCH3 is 1. The van der Waals surface area contributed by atoms with E-state index >= 15 is 0 Å². The van der Waals surface area contributed by atoms with Crippen LogP contribution in [0.3, 0.4) is 0 Å². The minimum Gasteiger partial charge on any atom is -0.378 e. The summed E-state index contributed by atoms with van der Waals surface area (Å²) in [6.45, 7) is 4.44. The van der Waals surface area contributed by atoms with Crippen molar-refractivity contribution < 1.29 is 4.74 Å². The van der Waals surface area contributed by atoms with Gasteiger partial charge in [0.15, 0.2) is 0 Å². The number of hydrogen-bond donors (Lipinski definition) is 0. The van der Waals surface area contributed by atoms with Crippen molar-refractivity contribution in [2.45, 2.75) is 32.3 Å². The van der Waals surface area contributed by atoms with Gasteiger partial charge >= 0.3 is 0 Å². The van der Waals surface area contributed by atoms with Crippen molar-refractivity contribution in [2.75, 3.05) is 7.11 Å². The van der Waals surface area contributed by atoms with E-state index in [-0.39, 0.29) is 0 Å². The average molecular weight is 114 g/mol. The molecular weight excluding hydrogens is 100 g/mol. The average Bonchev–Trinajstić information content (AvgIpc) is 2.44. The van der Waals surface area contributed by atoms with Crippen LogP contribution in [0.2, 0.25) is 0 Å². The summed E-state index contributed by atoms with van der Waals surface area (Å²) in [5.41, 5.74) is 0.292. The topological polar surface area (TPSA) is 9.23 Å². The molecule has 0 aromatic heterocycles. The molecular formula is C7H14O. The van der Waals surface area contributed by atoms with Crippen molar-refractivity contribution in [1.29, 1.82) is 0 Å². The minimum atomic E-state index is 0.292. The lowest BCUT2D eigenvalue weighted by molar-refractivity contribution is 0.0415. The zero-order valence-corrected chi connectivity index (χ0v) is 5.90. The molecule has 1 aliphatic carbocycles. The molecule has 0 N–H and O–H groups in total. The van der Waals surface area contributed by atoms with E-state index in [4.69, 9.17) is 4.74 Å². The zero-order valence-electron chi connectivity index (χ0n) is 5.90. The van der Waals surface area contributed by atoms with Gasteiger partial charge in [-0.1, -0.05) is 13.8 Å². The van der Waals surface area contributed by atoms with E-state index in [0.29, 0.717) is 11.5 Å². The van der Waals surface area contributed by atoms with Crippen molar-refractivity contribution in [2.24, 2.45) is 5.92 Å². The van der Waals surface area contributed by atoms with E-state index < -0.39 is 0 Å². The Labute approximate surface area is 51.0 Å². The second-order valence-corrected chi connectivity index (χ2v) is 2.92. The van der Waals surface area contributed by atoms with Gasteiger partial charge in [-0.2, -0.15) is 0 Å². The lowest BCUT2D eigenvalue weighted by atomic mass is 10.1. The van der Waals surface area contributed by atoms with Crippen molar-refractivity contribution >= 4 is 0 Å². The molecule has 0 saturated heterocycles. The van der Waals surface area contributed by atoms with Crippen LogP contribution < -0.4 is 0 Å². The molecule has 1 fully saturated rings. The highest BCUT2D eigenvalue weighted by Crippen LogP contribution is 2.44. The van der Waals surface area contributed by atoms with Gasteiger partial charge in [0.25, 0.3) is 0 Å². The minimum absolute atomic E-state index is 0.292. The summed E-state index contributed by atoms with van der Waals surface area (Å²) in [7, 11) is 1.81. The quantitative estimate of drug-likeness (QED) is 0.532. The van der Waals surface area contributed by atoms with Gasteiger partial charge in [-0.05, 0) is 18.8 Å². The normalized spacial score (nSPS) is 24.0. The third-order valence-corrected chi connectivity index (χ3v) is 2.20. The van der Waals surface area contributed by atoms with Gasteiger partial charge in [-0.3, -0.25) is 0 Å². The first-order valence-electron chi connectivity index (χ1n) is 3.26. The molecule has 0 aromatic rings. The number of hydrogen-bond acceptors (Lipinski definition) is 1. The molecule has 0 unspecified atom stereocenters. The van der Waals surface area contributed by atoms with Crippen molar-refractivity contribution in [3.63, 3.8) is 0 Å². The molecule has 0 aliphatic heterocycles. The highest BCUT2D eigenvalue weighted by Gasteiger charge is 2.45. The van der Waals surface area contributed by atoms with Crippen molar-refractivity contribution in [3.05, 3.63) is 0 Å². The second-order valence-electron chi connectivity index (χ2n) is 2.92. The van der Waals surface area contributed by atoms with Crippen LogP contribution in [-0.4, -0.2) is 12.7 Å². The monoisotopic (exact) mass is 114 g/mol. The van der Waals surface area contributed by atoms with Gasteiger partial charge in [-0.15, -0.1) is 0 Å². The molecule has 1 heteroatoms. The summed E-state index contributed by atoms with van der Waals surface area (Å²) >= 11 is 0. The fourth-order valence-electron chi connectivity index (χ4n) is 1.14. The molecule has 0 spiro atoms. The van der Waals surface area contributed by atoms with E-state index in [1.165, 1.54) is 12.8 Å². The second kappa shape index (κ2) is 1.73. The van der Waals surface area contributed by atoms with Crippen LogP contribution in [0.5, 0.6) is 0 Å². The molecule has 48 valence electrons. The molecule has 0 bridgehead atoms. The van der Waals surface area contributed by atoms with Crippen LogP contribution in [0, 0.1) is 5.92 Å². The van der Waals surface area contributed by atoms with E-state index in [2.05, 4.69) is 13.8 Å². The molecule has 0 heterocycles. The zero-order chi connectivity index (χ0) is 6.20. The van der Waals surface area contributed by atoms with Crippen LogP contribution in [0.25, 0.3) is 0 Å². The Morgan fingerprint density at radius 2 is 1.88 bits per heavy atom. The van der Waals surface area contributed by atoms with Gasteiger partial charge in [-0.25, -0.2) is 0 Å².